The summed E-state index contributed by atoms with van der Waals surface area (Å²) in [5, 5.41) is 0. The van der Waals surface area contributed by atoms with Gasteiger partial charge in [0.2, 0.25) is 0 Å². The molecule has 2 atom stereocenters. The van der Waals surface area contributed by atoms with E-state index in [0.29, 0.717) is 0 Å². The van der Waals surface area contributed by atoms with Crippen molar-refractivity contribution in [2.45, 2.75) is 26.1 Å². The second kappa shape index (κ2) is 8.81. The fourth-order valence-corrected chi connectivity index (χ4v) is 1.39. The molecule has 8 heteroatoms. The van der Waals surface area contributed by atoms with Crippen LogP contribution in [-0.2, 0) is 28.7 Å². The molecule has 2 amide bonds. The van der Waals surface area contributed by atoms with Crippen molar-refractivity contribution in [2.24, 2.45) is 0 Å². The molecule has 0 radical (unpaired) electrons. The third-order valence-corrected chi connectivity index (χ3v) is 2.52. The van der Waals surface area contributed by atoms with Crippen LogP contribution in [0.15, 0.2) is 12.2 Å². The summed E-state index contributed by atoms with van der Waals surface area (Å²) >= 11 is 0. The van der Waals surface area contributed by atoms with Gasteiger partial charge in [0.1, 0.15) is 0 Å². The van der Waals surface area contributed by atoms with Crippen LogP contribution in [0.5, 0.6) is 0 Å². The second-order valence-corrected chi connectivity index (χ2v) is 4.96. The highest BCUT2D eigenvalue weighted by molar-refractivity contribution is 5.94. The summed E-state index contributed by atoms with van der Waals surface area (Å²) in [5.74, 6) is -2.47. The van der Waals surface area contributed by atoms with Gasteiger partial charge >= 0.3 is 11.9 Å². The van der Waals surface area contributed by atoms with Gasteiger partial charge in [-0.3, -0.25) is 9.59 Å². The summed E-state index contributed by atoms with van der Waals surface area (Å²) in [5.41, 5.74) is 0. The number of amides is 2. The van der Waals surface area contributed by atoms with E-state index in [-0.39, 0.29) is 11.8 Å². The quantitative estimate of drug-likeness (QED) is 0.488. The maximum atomic E-state index is 11.5. The average Bonchev–Trinajstić information content (AvgIpc) is 2.42. The standard InChI is InChI=1S/C14H22N2O6/c1-9(13(19)15(3)4)21-11(17)7-8-12(18)22-10(2)14(20)16(5)6/h7-10H,1-6H3/b8-7+/t9-,10-/m0/s1. The summed E-state index contributed by atoms with van der Waals surface area (Å²) in [6.45, 7) is 2.84. The Bertz CT molecular complexity index is 428. The van der Waals surface area contributed by atoms with Gasteiger partial charge in [-0.1, -0.05) is 0 Å². The van der Waals surface area contributed by atoms with Crippen LogP contribution >= 0.6 is 0 Å². The van der Waals surface area contributed by atoms with E-state index < -0.39 is 24.1 Å². The number of ether oxygens (including phenoxy) is 2. The number of carbonyl (C=O) groups is 4. The van der Waals surface area contributed by atoms with Gasteiger partial charge in [0.25, 0.3) is 11.8 Å². The van der Waals surface area contributed by atoms with Gasteiger partial charge in [-0.25, -0.2) is 9.59 Å². The fraction of sp³-hybridized carbons (Fsp3) is 0.571. The van der Waals surface area contributed by atoms with E-state index in [2.05, 4.69) is 0 Å². The molecule has 0 aliphatic rings. The molecule has 8 nitrogen and oxygen atoms in total. The van der Waals surface area contributed by atoms with Crippen molar-refractivity contribution in [1.82, 2.24) is 9.80 Å². The van der Waals surface area contributed by atoms with E-state index in [9.17, 15) is 19.2 Å². The minimum atomic E-state index is -0.961. The molecule has 0 aromatic carbocycles. The molecule has 0 unspecified atom stereocenters. The molecule has 0 rings (SSSR count). The van der Waals surface area contributed by atoms with Crippen LogP contribution in [0.2, 0.25) is 0 Å². The molecule has 0 N–H and O–H groups in total. The monoisotopic (exact) mass is 314 g/mol. The van der Waals surface area contributed by atoms with Crippen LogP contribution in [0, 0.1) is 0 Å². The Kier molecular flexibility index (Phi) is 7.85. The molecule has 0 saturated heterocycles. The molecule has 124 valence electrons. The molecule has 22 heavy (non-hydrogen) atoms. The predicted octanol–water partition coefficient (Wildman–Crippen LogP) is -0.418. The third-order valence-electron chi connectivity index (χ3n) is 2.52. The zero-order chi connectivity index (χ0) is 17.4. The lowest BCUT2D eigenvalue weighted by Gasteiger charge is -2.16. The van der Waals surface area contributed by atoms with Gasteiger partial charge in [0.05, 0.1) is 0 Å². The smallest absolute Gasteiger partial charge is 0.331 e. The van der Waals surface area contributed by atoms with Gasteiger partial charge in [0.15, 0.2) is 12.2 Å². The van der Waals surface area contributed by atoms with E-state index in [0.717, 1.165) is 12.2 Å². The largest absolute Gasteiger partial charge is 0.449 e. The van der Waals surface area contributed by atoms with Crippen LogP contribution < -0.4 is 0 Å². The minimum absolute atomic E-state index is 0.380. The lowest BCUT2D eigenvalue weighted by molar-refractivity contribution is -0.155. The highest BCUT2D eigenvalue weighted by atomic mass is 16.6. The van der Waals surface area contributed by atoms with Gasteiger partial charge in [-0.05, 0) is 13.8 Å². The number of rotatable bonds is 6. The molecule has 0 aromatic heterocycles. The van der Waals surface area contributed by atoms with Crippen LogP contribution in [0.3, 0.4) is 0 Å². The van der Waals surface area contributed by atoms with Crippen LogP contribution in [0.1, 0.15) is 13.8 Å². The first-order valence-electron chi connectivity index (χ1n) is 6.57. The molecule has 0 aromatic rings. The first-order chi connectivity index (χ1) is 10.1. The summed E-state index contributed by atoms with van der Waals surface area (Å²) in [4.78, 5) is 48.4. The van der Waals surface area contributed by atoms with Gasteiger partial charge in [-0.2, -0.15) is 0 Å². The first-order valence-corrected chi connectivity index (χ1v) is 6.57. The average molecular weight is 314 g/mol. The lowest BCUT2D eigenvalue weighted by Crippen LogP contribution is -2.35. The van der Waals surface area contributed by atoms with E-state index in [4.69, 9.17) is 9.47 Å². The zero-order valence-corrected chi connectivity index (χ0v) is 13.7. The van der Waals surface area contributed by atoms with Crippen molar-refractivity contribution in [3.63, 3.8) is 0 Å². The van der Waals surface area contributed by atoms with Crippen LogP contribution in [0.4, 0.5) is 0 Å². The topological polar surface area (TPSA) is 93.2 Å². The number of esters is 2. The summed E-state index contributed by atoms with van der Waals surface area (Å²) < 4.78 is 9.63. The third kappa shape index (κ3) is 6.87. The van der Waals surface area contributed by atoms with Crippen molar-refractivity contribution in [3.05, 3.63) is 12.2 Å². The molecular formula is C14H22N2O6. The number of hydrogen-bond donors (Lipinski definition) is 0. The minimum Gasteiger partial charge on any atom is -0.449 e. The Morgan fingerprint density at radius 3 is 1.23 bits per heavy atom. The maximum absolute atomic E-state index is 11.5. The molecule has 0 saturated carbocycles. The Hall–Kier alpha value is -2.38. The first kappa shape index (κ1) is 19.6. The van der Waals surface area contributed by atoms with E-state index in [1.165, 1.54) is 51.8 Å². The van der Waals surface area contributed by atoms with Crippen LogP contribution in [0.25, 0.3) is 0 Å². The van der Waals surface area contributed by atoms with E-state index in [1.807, 2.05) is 0 Å². The molecular weight excluding hydrogens is 292 g/mol. The molecule has 0 aliphatic heterocycles. The Morgan fingerprint density at radius 1 is 0.727 bits per heavy atom. The van der Waals surface area contributed by atoms with Gasteiger partial charge < -0.3 is 19.3 Å². The van der Waals surface area contributed by atoms with Crippen molar-refractivity contribution in [3.8, 4) is 0 Å². The number of likely N-dealkylation sites (N-methyl/N-ethyl adjacent to an activating group) is 2. The fourth-order valence-electron chi connectivity index (χ4n) is 1.39. The molecule has 0 heterocycles. The Balaban J connectivity index is 4.41. The van der Waals surface area contributed by atoms with Crippen LogP contribution in [-0.4, -0.2) is 74.0 Å². The number of carbonyl (C=O) groups excluding carboxylic acids is 4. The second-order valence-electron chi connectivity index (χ2n) is 4.96. The summed E-state index contributed by atoms with van der Waals surface area (Å²) in [7, 11) is 6.12. The van der Waals surface area contributed by atoms with Gasteiger partial charge in [0, 0.05) is 40.3 Å². The highest BCUT2D eigenvalue weighted by Crippen LogP contribution is 1.99. The maximum Gasteiger partial charge on any atom is 0.331 e. The number of nitrogens with zero attached hydrogens (tertiary/aromatic N) is 2. The van der Waals surface area contributed by atoms with Crippen molar-refractivity contribution < 1.29 is 28.7 Å². The normalized spacial score (nSPS) is 13.2. The van der Waals surface area contributed by atoms with Crippen molar-refractivity contribution in [1.29, 1.82) is 0 Å². The molecule has 0 fully saturated rings. The molecule has 0 aliphatic carbocycles. The zero-order valence-electron chi connectivity index (χ0n) is 13.7. The lowest BCUT2D eigenvalue weighted by atomic mass is 10.3. The van der Waals surface area contributed by atoms with Crippen molar-refractivity contribution in [2.75, 3.05) is 28.2 Å². The highest BCUT2D eigenvalue weighted by Gasteiger charge is 2.20. The SMILES string of the molecule is C[C@H](OC(=O)/C=C/C(=O)O[C@@H](C)C(=O)N(C)C)C(=O)N(C)C. The Labute approximate surface area is 129 Å². The Morgan fingerprint density at radius 2 is 1.00 bits per heavy atom. The molecule has 0 spiro atoms. The van der Waals surface area contributed by atoms with E-state index in [1.54, 1.807) is 0 Å². The molecule has 0 bridgehead atoms. The summed E-state index contributed by atoms with van der Waals surface area (Å²) in [6.07, 6.45) is -0.238. The summed E-state index contributed by atoms with van der Waals surface area (Å²) in [6, 6.07) is 0. The van der Waals surface area contributed by atoms with E-state index >= 15 is 0 Å². The van der Waals surface area contributed by atoms with Crippen molar-refractivity contribution >= 4 is 23.8 Å². The van der Waals surface area contributed by atoms with Gasteiger partial charge in [-0.15, -0.1) is 0 Å². The number of hydrogen-bond acceptors (Lipinski definition) is 6. The predicted molar refractivity (Wildman–Crippen MR) is 77.6 cm³/mol.